The summed E-state index contributed by atoms with van der Waals surface area (Å²) in [6.45, 7) is 5.93. The average molecular weight is 400 g/mol. The van der Waals surface area contributed by atoms with Crippen LogP contribution in [0.15, 0.2) is 42.6 Å². The van der Waals surface area contributed by atoms with Crippen LogP contribution >= 0.6 is 11.6 Å². The first-order chi connectivity index (χ1) is 13.6. The van der Waals surface area contributed by atoms with Gasteiger partial charge in [-0.1, -0.05) is 29.8 Å². The minimum Gasteiger partial charge on any atom is -0.354 e. The SMILES string of the molecule is CN1CCN(c2cc(C(=O)N3CCNC(c4ccccc4Cl)C3)ccn2)CC1. The van der Waals surface area contributed by atoms with Gasteiger partial charge in [-0.15, -0.1) is 0 Å². The van der Waals surface area contributed by atoms with Crippen molar-refractivity contribution in [2.45, 2.75) is 6.04 Å². The Morgan fingerprint density at radius 3 is 2.71 bits per heavy atom. The predicted molar refractivity (Wildman–Crippen MR) is 112 cm³/mol. The van der Waals surface area contributed by atoms with E-state index in [-0.39, 0.29) is 11.9 Å². The molecule has 6 nitrogen and oxygen atoms in total. The molecule has 1 unspecified atom stereocenters. The summed E-state index contributed by atoms with van der Waals surface area (Å²) in [5, 5.41) is 4.21. The van der Waals surface area contributed by atoms with E-state index in [0.717, 1.165) is 49.1 Å². The summed E-state index contributed by atoms with van der Waals surface area (Å²) in [5.41, 5.74) is 1.73. The molecule has 7 heteroatoms. The van der Waals surface area contributed by atoms with Crippen LogP contribution in [0.1, 0.15) is 22.0 Å². The lowest BCUT2D eigenvalue weighted by molar-refractivity contribution is 0.0703. The van der Waals surface area contributed by atoms with Gasteiger partial charge >= 0.3 is 0 Å². The number of anilines is 1. The molecule has 2 aromatic rings. The largest absolute Gasteiger partial charge is 0.354 e. The lowest BCUT2D eigenvalue weighted by Crippen LogP contribution is -2.48. The summed E-state index contributed by atoms with van der Waals surface area (Å²) in [5.74, 6) is 0.938. The zero-order chi connectivity index (χ0) is 19.5. The molecular formula is C21H26ClN5O. The third-order valence-corrected chi connectivity index (χ3v) is 5.91. The van der Waals surface area contributed by atoms with E-state index in [9.17, 15) is 4.79 Å². The van der Waals surface area contributed by atoms with Crippen molar-refractivity contribution in [3.05, 3.63) is 58.7 Å². The molecule has 4 rings (SSSR count). The highest BCUT2D eigenvalue weighted by Crippen LogP contribution is 2.26. The van der Waals surface area contributed by atoms with Crippen molar-refractivity contribution < 1.29 is 4.79 Å². The molecule has 0 spiro atoms. The number of nitrogens with zero attached hydrogens (tertiary/aromatic N) is 4. The molecule has 0 aliphatic carbocycles. The molecular weight excluding hydrogens is 374 g/mol. The minimum absolute atomic E-state index is 0.0466. The number of hydrogen-bond acceptors (Lipinski definition) is 5. The topological polar surface area (TPSA) is 51.7 Å². The number of carbonyl (C=O) groups excluding carboxylic acids is 1. The molecule has 1 atom stereocenters. The molecule has 2 fully saturated rings. The summed E-state index contributed by atoms with van der Waals surface area (Å²) in [6, 6.07) is 11.6. The highest BCUT2D eigenvalue weighted by molar-refractivity contribution is 6.31. The number of nitrogens with one attached hydrogen (secondary N) is 1. The monoisotopic (exact) mass is 399 g/mol. The maximum Gasteiger partial charge on any atom is 0.254 e. The lowest BCUT2D eigenvalue weighted by Gasteiger charge is -2.35. The number of benzene rings is 1. The van der Waals surface area contributed by atoms with Gasteiger partial charge in [0.2, 0.25) is 0 Å². The Morgan fingerprint density at radius 1 is 1.14 bits per heavy atom. The maximum absolute atomic E-state index is 13.2. The van der Waals surface area contributed by atoms with E-state index in [1.807, 2.05) is 41.3 Å². The number of piperazine rings is 2. The second kappa shape index (κ2) is 8.47. The Balaban J connectivity index is 1.48. The molecule has 3 heterocycles. The minimum atomic E-state index is 0.0466. The molecule has 1 aromatic heterocycles. The third kappa shape index (κ3) is 4.14. The Labute approximate surface area is 171 Å². The molecule has 0 saturated carbocycles. The molecule has 2 aliphatic heterocycles. The molecule has 1 N–H and O–H groups in total. The number of amides is 1. The van der Waals surface area contributed by atoms with Crippen LogP contribution in [0.5, 0.6) is 0 Å². The fraction of sp³-hybridized carbons (Fsp3) is 0.429. The van der Waals surface area contributed by atoms with Crippen LogP contribution in [-0.4, -0.2) is 73.6 Å². The average Bonchev–Trinajstić information content (AvgIpc) is 2.74. The lowest BCUT2D eigenvalue weighted by atomic mass is 10.0. The Bertz CT molecular complexity index is 837. The Kier molecular flexibility index (Phi) is 5.80. The Morgan fingerprint density at radius 2 is 1.93 bits per heavy atom. The van der Waals surface area contributed by atoms with Crippen molar-refractivity contribution in [2.75, 3.05) is 57.8 Å². The molecule has 1 amide bonds. The van der Waals surface area contributed by atoms with Crippen molar-refractivity contribution in [3.8, 4) is 0 Å². The predicted octanol–water partition coefficient (Wildman–Crippen LogP) is 2.27. The van der Waals surface area contributed by atoms with Crippen LogP contribution in [0.3, 0.4) is 0 Å². The van der Waals surface area contributed by atoms with Crippen molar-refractivity contribution in [3.63, 3.8) is 0 Å². The summed E-state index contributed by atoms with van der Waals surface area (Å²) in [4.78, 5) is 24.1. The first-order valence-corrected chi connectivity index (χ1v) is 10.2. The molecule has 148 valence electrons. The second-order valence-electron chi connectivity index (χ2n) is 7.47. The van der Waals surface area contributed by atoms with Gasteiger partial charge in [-0.25, -0.2) is 4.98 Å². The van der Waals surface area contributed by atoms with Gasteiger partial charge in [0.05, 0.1) is 6.04 Å². The van der Waals surface area contributed by atoms with Gasteiger partial charge in [-0.05, 0) is 30.8 Å². The number of pyridine rings is 1. The van der Waals surface area contributed by atoms with E-state index in [0.29, 0.717) is 18.7 Å². The zero-order valence-electron chi connectivity index (χ0n) is 16.1. The van der Waals surface area contributed by atoms with Gasteiger partial charge in [0, 0.05) is 62.6 Å². The van der Waals surface area contributed by atoms with Crippen molar-refractivity contribution >= 4 is 23.3 Å². The number of likely N-dealkylation sites (N-methyl/N-ethyl adjacent to an activating group) is 1. The fourth-order valence-electron chi connectivity index (χ4n) is 3.84. The molecule has 0 radical (unpaired) electrons. The smallest absolute Gasteiger partial charge is 0.254 e. The standard InChI is InChI=1S/C21H26ClN5O/c1-25-10-12-26(13-11-25)20-14-16(6-7-24-20)21(28)27-9-8-23-19(15-27)17-4-2-3-5-18(17)22/h2-7,14,19,23H,8-13,15H2,1H3. The number of halogens is 1. The maximum atomic E-state index is 13.2. The van der Waals surface area contributed by atoms with E-state index < -0.39 is 0 Å². The van der Waals surface area contributed by atoms with Crippen LogP contribution in [0.25, 0.3) is 0 Å². The molecule has 0 bridgehead atoms. The molecule has 28 heavy (non-hydrogen) atoms. The number of aromatic nitrogens is 1. The van der Waals surface area contributed by atoms with Crippen LogP contribution in [0.2, 0.25) is 5.02 Å². The van der Waals surface area contributed by atoms with Crippen molar-refractivity contribution in [2.24, 2.45) is 0 Å². The fourth-order valence-corrected chi connectivity index (χ4v) is 4.11. The number of rotatable bonds is 3. The zero-order valence-corrected chi connectivity index (χ0v) is 16.9. The highest BCUT2D eigenvalue weighted by atomic mass is 35.5. The van der Waals surface area contributed by atoms with Gasteiger partial charge in [0.25, 0.3) is 5.91 Å². The van der Waals surface area contributed by atoms with E-state index >= 15 is 0 Å². The van der Waals surface area contributed by atoms with E-state index in [1.54, 1.807) is 6.20 Å². The van der Waals surface area contributed by atoms with E-state index in [4.69, 9.17) is 11.6 Å². The van der Waals surface area contributed by atoms with Crippen LogP contribution in [-0.2, 0) is 0 Å². The number of carbonyl (C=O) groups is 1. The second-order valence-corrected chi connectivity index (χ2v) is 7.88. The van der Waals surface area contributed by atoms with Gasteiger partial charge < -0.3 is 20.0 Å². The first kappa shape index (κ1) is 19.2. The summed E-state index contributed by atoms with van der Waals surface area (Å²) in [6.07, 6.45) is 1.74. The quantitative estimate of drug-likeness (QED) is 0.858. The molecule has 2 aliphatic rings. The summed E-state index contributed by atoms with van der Waals surface area (Å²) in [7, 11) is 2.13. The van der Waals surface area contributed by atoms with Gasteiger partial charge in [0.15, 0.2) is 0 Å². The summed E-state index contributed by atoms with van der Waals surface area (Å²) >= 11 is 6.36. The highest BCUT2D eigenvalue weighted by Gasteiger charge is 2.27. The van der Waals surface area contributed by atoms with E-state index in [2.05, 4.69) is 27.1 Å². The van der Waals surface area contributed by atoms with Crippen LogP contribution < -0.4 is 10.2 Å². The van der Waals surface area contributed by atoms with E-state index in [1.165, 1.54) is 0 Å². The van der Waals surface area contributed by atoms with Gasteiger partial charge in [0.1, 0.15) is 5.82 Å². The van der Waals surface area contributed by atoms with Crippen molar-refractivity contribution in [1.82, 2.24) is 20.1 Å². The number of hydrogen-bond donors (Lipinski definition) is 1. The van der Waals surface area contributed by atoms with Crippen LogP contribution in [0, 0.1) is 0 Å². The third-order valence-electron chi connectivity index (χ3n) is 5.56. The van der Waals surface area contributed by atoms with Crippen molar-refractivity contribution in [1.29, 1.82) is 0 Å². The van der Waals surface area contributed by atoms with Gasteiger partial charge in [-0.2, -0.15) is 0 Å². The first-order valence-electron chi connectivity index (χ1n) is 9.78. The van der Waals surface area contributed by atoms with Crippen LogP contribution in [0.4, 0.5) is 5.82 Å². The van der Waals surface area contributed by atoms with Gasteiger partial charge in [-0.3, -0.25) is 4.79 Å². The molecule has 2 saturated heterocycles. The normalized spacial score (nSPS) is 21.0. The summed E-state index contributed by atoms with van der Waals surface area (Å²) < 4.78 is 0. The Hall–Kier alpha value is -2.15. The molecule has 1 aromatic carbocycles.